The van der Waals surface area contributed by atoms with Crippen molar-refractivity contribution in [1.82, 2.24) is 0 Å². The number of hydrogen-bond donors (Lipinski definition) is 2. The summed E-state index contributed by atoms with van der Waals surface area (Å²) in [6.45, 7) is 3.81. The lowest BCUT2D eigenvalue weighted by Crippen LogP contribution is -2.31. The molecule has 0 aromatic heterocycles. The van der Waals surface area contributed by atoms with Crippen LogP contribution in [0.5, 0.6) is 0 Å². The van der Waals surface area contributed by atoms with Gasteiger partial charge in [-0.1, -0.05) is 38.0 Å². The standard InChI is InChI=1S/C20H32O4.C10H18O3/c1-2-3-6-9-17(21)14-12-16-13-15-19(22)18(16)10-7-4-5-8-11-20(23)24;1-3-7-11-9(5-1)13-10-6-2-4-8-12-10/h4,7,12,14,16,18-19,22H,2-3,5-6,8-11,13,15H2,1H3,(H,23,24);9-10H,1-8H2. The maximum atomic E-state index is 11.8. The maximum absolute atomic E-state index is 11.8. The highest BCUT2D eigenvalue weighted by molar-refractivity contribution is 5.89. The second-order valence-corrected chi connectivity index (χ2v) is 10.5. The Morgan fingerprint density at radius 2 is 1.59 bits per heavy atom. The number of aliphatic hydroxyl groups excluding tert-OH is 1. The van der Waals surface area contributed by atoms with E-state index in [0.717, 1.165) is 71.0 Å². The molecule has 1 saturated carbocycles. The summed E-state index contributed by atoms with van der Waals surface area (Å²) in [7, 11) is 0. The largest absolute Gasteiger partial charge is 0.481 e. The van der Waals surface area contributed by atoms with Crippen LogP contribution in [0.3, 0.4) is 0 Å². The fourth-order valence-corrected chi connectivity index (χ4v) is 5.06. The van der Waals surface area contributed by atoms with Crippen LogP contribution in [0.1, 0.15) is 110 Å². The normalized spacial score (nSPS) is 28.3. The highest BCUT2D eigenvalue weighted by atomic mass is 16.8. The van der Waals surface area contributed by atoms with Gasteiger partial charge in [-0.3, -0.25) is 9.59 Å². The van der Waals surface area contributed by atoms with Crippen LogP contribution in [0, 0.1) is 11.8 Å². The van der Waals surface area contributed by atoms with E-state index in [-0.39, 0.29) is 42.7 Å². The smallest absolute Gasteiger partial charge is 0.303 e. The second kappa shape index (κ2) is 19.5. The number of ketones is 1. The summed E-state index contributed by atoms with van der Waals surface area (Å²) in [4.78, 5) is 22.3. The third-order valence-electron chi connectivity index (χ3n) is 7.31. The molecule has 0 amide bonds. The van der Waals surface area contributed by atoms with Gasteiger partial charge in [0.1, 0.15) is 0 Å². The number of carboxylic acid groups (broad SMARTS) is 1. The quantitative estimate of drug-likeness (QED) is 0.156. The predicted molar refractivity (Wildman–Crippen MR) is 144 cm³/mol. The molecular weight excluding hydrogens is 472 g/mol. The van der Waals surface area contributed by atoms with Crippen molar-refractivity contribution in [2.24, 2.45) is 11.8 Å². The highest BCUT2D eigenvalue weighted by Gasteiger charge is 2.32. The first kappa shape index (κ1) is 31.7. The second-order valence-electron chi connectivity index (χ2n) is 10.5. The molecule has 0 spiro atoms. The summed E-state index contributed by atoms with van der Waals surface area (Å²) < 4.78 is 16.6. The number of aliphatic hydroxyl groups is 1. The molecule has 1 aliphatic carbocycles. The first-order valence-electron chi connectivity index (χ1n) is 14.6. The number of unbranched alkanes of at least 4 members (excludes halogenated alkanes) is 3. The Morgan fingerprint density at radius 1 is 0.892 bits per heavy atom. The van der Waals surface area contributed by atoms with E-state index in [1.165, 1.54) is 25.7 Å². The summed E-state index contributed by atoms with van der Waals surface area (Å²) in [5, 5.41) is 18.7. The van der Waals surface area contributed by atoms with Crippen molar-refractivity contribution in [3.05, 3.63) is 24.3 Å². The number of carboxylic acids is 1. The number of allylic oxidation sites excluding steroid dienone is 4. The van der Waals surface area contributed by atoms with Gasteiger partial charge in [-0.25, -0.2) is 0 Å². The lowest BCUT2D eigenvalue weighted by Gasteiger charge is -2.29. The van der Waals surface area contributed by atoms with Crippen LogP contribution in [0.15, 0.2) is 24.3 Å². The lowest BCUT2D eigenvalue weighted by atomic mass is 9.90. The molecule has 0 bridgehead atoms. The average molecular weight is 523 g/mol. The van der Waals surface area contributed by atoms with Crippen molar-refractivity contribution < 1.29 is 34.0 Å². The SMILES string of the molecule is C1CCC(OC2CCCCO2)OC1.CCCCCC(=O)C=CC1CCC(O)C1CC=CCCCC(=O)O. The molecule has 5 atom stereocenters. The molecule has 0 radical (unpaired) electrons. The Labute approximate surface area is 223 Å². The van der Waals surface area contributed by atoms with E-state index in [1.54, 1.807) is 6.08 Å². The van der Waals surface area contributed by atoms with Crippen molar-refractivity contribution in [2.75, 3.05) is 13.2 Å². The van der Waals surface area contributed by atoms with Gasteiger partial charge in [0.2, 0.25) is 0 Å². The zero-order chi connectivity index (χ0) is 26.7. The van der Waals surface area contributed by atoms with Crippen LogP contribution in [-0.2, 0) is 23.8 Å². The Morgan fingerprint density at radius 3 is 2.19 bits per heavy atom. The van der Waals surface area contributed by atoms with E-state index < -0.39 is 5.97 Å². The number of carbonyl (C=O) groups excluding carboxylic acids is 1. The zero-order valence-electron chi connectivity index (χ0n) is 22.9. The van der Waals surface area contributed by atoms with Crippen LogP contribution in [0.4, 0.5) is 0 Å². The Kier molecular flexibility index (Phi) is 16.7. The van der Waals surface area contributed by atoms with Crippen LogP contribution in [-0.4, -0.2) is 53.9 Å². The van der Waals surface area contributed by atoms with Gasteiger partial charge in [0.15, 0.2) is 18.4 Å². The van der Waals surface area contributed by atoms with Crippen molar-refractivity contribution >= 4 is 11.8 Å². The number of rotatable bonds is 14. The summed E-state index contributed by atoms with van der Waals surface area (Å²) in [5.41, 5.74) is 0. The summed E-state index contributed by atoms with van der Waals surface area (Å²) in [5.74, 6) is -0.143. The molecule has 5 unspecified atom stereocenters. The van der Waals surface area contributed by atoms with E-state index in [4.69, 9.17) is 19.3 Å². The molecule has 37 heavy (non-hydrogen) atoms. The summed E-state index contributed by atoms with van der Waals surface area (Å²) >= 11 is 0. The van der Waals surface area contributed by atoms with Gasteiger partial charge in [0, 0.05) is 26.1 Å². The molecule has 2 aliphatic heterocycles. The molecule has 2 heterocycles. The van der Waals surface area contributed by atoms with Crippen LogP contribution in [0.25, 0.3) is 0 Å². The van der Waals surface area contributed by atoms with Gasteiger partial charge in [0.05, 0.1) is 6.10 Å². The number of aliphatic carboxylic acids is 1. The third-order valence-corrected chi connectivity index (χ3v) is 7.31. The molecule has 3 rings (SSSR count). The Balaban J connectivity index is 0.000000308. The van der Waals surface area contributed by atoms with Gasteiger partial charge in [-0.15, -0.1) is 0 Å². The fourth-order valence-electron chi connectivity index (χ4n) is 5.06. The minimum Gasteiger partial charge on any atom is -0.481 e. The summed E-state index contributed by atoms with van der Waals surface area (Å²) in [6.07, 6.45) is 22.2. The van der Waals surface area contributed by atoms with Gasteiger partial charge in [-0.2, -0.15) is 0 Å². The molecule has 0 aromatic rings. The zero-order valence-corrected chi connectivity index (χ0v) is 22.9. The van der Waals surface area contributed by atoms with Crippen molar-refractivity contribution in [1.29, 1.82) is 0 Å². The van der Waals surface area contributed by atoms with Gasteiger partial charge >= 0.3 is 5.97 Å². The molecule has 3 fully saturated rings. The molecule has 212 valence electrons. The molecular formula is C30H50O7. The number of hydrogen-bond acceptors (Lipinski definition) is 6. The highest BCUT2D eigenvalue weighted by Crippen LogP contribution is 2.36. The third kappa shape index (κ3) is 14.3. The van der Waals surface area contributed by atoms with Crippen molar-refractivity contribution in [2.45, 2.75) is 128 Å². The van der Waals surface area contributed by atoms with E-state index in [1.807, 2.05) is 18.2 Å². The van der Waals surface area contributed by atoms with E-state index in [2.05, 4.69) is 6.92 Å². The number of carbonyl (C=O) groups is 2. The van der Waals surface area contributed by atoms with E-state index in [0.29, 0.717) is 12.8 Å². The van der Waals surface area contributed by atoms with Gasteiger partial charge in [0.25, 0.3) is 0 Å². The molecule has 0 aromatic carbocycles. The van der Waals surface area contributed by atoms with Crippen molar-refractivity contribution in [3.8, 4) is 0 Å². The molecule has 2 N–H and O–H groups in total. The average Bonchev–Trinajstić information content (AvgIpc) is 3.25. The molecule has 2 saturated heterocycles. The Bertz CT molecular complexity index is 661. The lowest BCUT2D eigenvalue weighted by molar-refractivity contribution is -0.264. The Hall–Kier alpha value is -1.54. The van der Waals surface area contributed by atoms with E-state index >= 15 is 0 Å². The first-order chi connectivity index (χ1) is 18.0. The monoisotopic (exact) mass is 522 g/mol. The molecule has 3 aliphatic rings. The van der Waals surface area contributed by atoms with Crippen molar-refractivity contribution in [3.63, 3.8) is 0 Å². The molecule has 7 heteroatoms. The number of ether oxygens (including phenoxy) is 3. The van der Waals surface area contributed by atoms with Crippen LogP contribution < -0.4 is 0 Å². The van der Waals surface area contributed by atoms with E-state index in [9.17, 15) is 14.7 Å². The fraction of sp³-hybridized carbons (Fsp3) is 0.800. The summed E-state index contributed by atoms with van der Waals surface area (Å²) in [6, 6.07) is 0. The molecule has 7 nitrogen and oxygen atoms in total. The maximum Gasteiger partial charge on any atom is 0.303 e. The van der Waals surface area contributed by atoms with Crippen LogP contribution >= 0.6 is 0 Å². The van der Waals surface area contributed by atoms with Gasteiger partial charge < -0.3 is 24.4 Å². The minimum atomic E-state index is -0.761. The minimum absolute atomic E-state index is 0.00292. The van der Waals surface area contributed by atoms with Crippen LogP contribution in [0.2, 0.25) is 0 Å². The topological polar surface area (TPSA) is 102 Å². The van der Waals surface area contributed by atoms with Gasteiger partial charge in [-0.05, 0) is 95.0 Å². The first-order valence-corrected chi connectivity index (χ1v) is 14.6. The predicted octanol–water partition coefficient (Wildman–Crippen LogP) is 6.34.